The number of pyridine rings is 2. The van der Waals surface area contributed by atoms with E-state index in [0.717, 1.165) is 17.4 Å². The van der Waals surface area contributed by atoms with Gasteiger partial charge in [-0.15, -0.1) is 0 Å². The summed E-state index contributed by atoms with van der Waals surface area (Å²) in [5, 5.41) is 3.21. The van der Waals surface area contributed by atoms with Crippen LogP contribution in [0.25, 0.3) is 11.1 Å². The Kier molecular flexibility index (Phi) is 4.05. The summed E-state index contributed by atoms with van der Waals surface area (Å²) < 4.78 is 0. The second kappa shape index (κ2) is 6.31. The summed E-state index contributed by atoms with van der Waals surface area (Å²) in [5.41, 5.74) is 2.95. The van der Waals surface area contributed by atoms with E-state index in [4.69, 9.17) is 0 Å². The van der Waals surface area contributed by atoms with Crippen LogP contribution >= 0.6 is 0 Å². The maximum atomic E-state index is 11.2. The summed E-state index contributed by atoms with van der Waals surface area (Å²) >= 11 is 0. The van der Waals surface area contributed by atoms with Gasteiger partial charge in [0.1, 0.15) is 17.5 Å². The normalized spacial score (nSPS) is 10.3. The molecule has 0 unspecified atom stereocenters. The number of aromatic nitrogens is 4. The minimum Gasteiger partial charge on any atom is -0.324 e. The molecule has 0 atom stereocenters. The predicted octanol–water partition coefficient (Wildman–Crippen LogP) is 3.11. The maximum absolute atomic E-state index is 11.2. The van der Waals surface area contributed by atoms with E-state index in [1.165, 1.54) is 0 Å². The Morgan fingerprint density at radius 1 is 1.04 bits per heavy atom. The van der Waals surface area contributed by atoms with Gasteiger partial charge < -0.3 is 5.32 Å². The monoisotopic (exact) mass is 305 g/mol. The number of anilines is 2. The Balaban J connectivity index is 2.11. The molecule has 0 saturated carbocycles. The first kappa shape index (κ1) is 14.8. The van der Waals surface area contributed by atoms with Gasteiger partial charge in [0, 0.05) is 29.7 Å². The summed E-state index contributed by atoms with van der Waals surface area (Å²) in [6.45, 7) is 3.62. The van der Waals surface area contributed by atoms with Gasteiger partial charge in [0.2, 0.25) is 0 Å². The Bertz CT molecular complexity index is 849. The maximum Gasteiger partial charge on any atom is 0.151 e. The zero-order chi connectivity index (χ0) is 16.2. The summed E-state index contributed by atoms with van der Waals surface area (Å²) in [4.78, 5) is 28.2. The highest BCUT2D eigenvalue weighted by Crippen LogP contribution is 2.29. The average Bonchev–Trinajstić information content (AvgIpc) is 2.56. The smallest absolute Gasteiger partial charge is 0.151 e. The Morgan fingerprint density at radius 2 is 1.83 bits per heavy atom. The zero-order valence-corrected chi connectivity index (χ0v) is 12.8. The Labute approximate surface area is 133 Å². The van der Waals surface area contributed by atoms with Crippen molar-refractivity contribution in [2.75, 3.05) is 5.32 Å². The first-order chi connectivity index (χ1) is 11.2. The topological polar surface area (TPSA) is 80.7 Å². The van der Waals surface area contributed by atoms with Gasteiger partial charge in [0.15, 0.2) is 6.29 Å². The van der Waals surface area contributed by atoms with E-state index in [2.05, 4.69) is 25.3 Å². The van der Waals surface area contributed by atoms with Crippen molar-refractivity contribution in [2.45, 2.75) is 13.8 Å². The highest BCUT2D eigenvalue weighted by Gasteiger charge is 2.12. The molecule has 114 valence electrons. The molecular formula is C17H15N5O. The molecule has 3 aromatic heterocycles. The summed E-state index contributed by atoms with van der Waals surface area (Å²) in [7, 11) is 0. The molecule has 0 aliphatic carbocycles. The molecule has 0 spiro atoms. The Morgan fingerprint density at radius 3 is 2.52 bits per heavy atom. The van der Waals surface area contributed by atoms with E-state index in [1.807, 2.05) is 25.1 Å². The number of nitrogens with zero attached hydrogens (tertiary/aromatic N) is 4. The quantitative estimate of drug-likeness (QED) is 0.746. The van der Waals surface area contributed by atoms with Gasteiger partial charge in [0.05, 0.1) is 5.69 Å². The molecule has 0 fully saturated rings. The fraction of sp³-hybridized carbons (Fsp3) is 0.118. The lowest BCUT2D eigenvalue weighted by atomic mass is 10.0. The molecule has 0 saturated heterocycles. The summed E-state index contributed by atoms with van der Waals surface area (Å²) in [6, 6.07) is 7.34. The van der Waals surface area contributed by atoms with Crippen molar-refractivity contribution < 1.29 is 4.79 Å². The van der Waals surface area contributed by atoms with Crippen molar-refractivity contribution in [1.29, 1.82) is 0 Å². The fourth-order valence-corrected chi connectivity index (χ4v) is 2.23. The van der Waals surface area contributed by atoms with Crippen LogP contribution in [0.4, 0.5) is 11.6 Å². The summed E-state index contributed by atoms with van der Waals surface area (Å²) in [5.74, 6) is 1.96. The molecule has 23 heavy (non-hydrogen) atoms. The van der Waals surface area contributed by atoms with E-state index < -0.39 is 0 Å². The first-order valence-electron chi connectivity index (χ1n) is 7.11. The number of aldehydes is 1. The van der Waals surface area contributed by atoms with Crippen molar-refractivity contribution in [3.63, 3.8) is 0 Å². The largest absolute Gasteiger partial charge is 0.324 e. The van der Waals surface area contributed by atoms with Crippen LogP contribution < -0.4 is 5.32 Å². The zero-order valence-electron chi connectivity index (χ0n) is 12.8. The standard InChI is InChI=1S/C17H15N5O/c1-11-14(10-23)9-15(13-3-6-18-7-4-13)17(20-11)22-16-5-8-19-12(2)21-16/h3-10H,1-2H3,(H,19,20,21,22). The van der Waals surface area contributed by atoms with Crippen LogP contribution in [0, 0.1) is 13.8 Å². The second-order valence-corrected chi connectivity index (χ2v) is 5.03. The molecule has 0 radical (unpaired) electrons. The number of hydrogen-bond acceptors (Lipinski definition) is 6. The minimum absolute atomic E-state index is 0.557. The number of rotatable bonds is 4. The molecule has 1 N–H and O–H groups in total. The molecule has 0 aliphatic heterocycles. The van der Waals surface area contributed by atoms with Crippen LogP contribution in [0.2, 0.25) is 0 Å². The van der Waals surface area contributed by atoms with Crippen LogP contribution in [0.1, 0.15) is 21.9 Å². The van der Waals surface area contributed by atoms with Crippen molar-refractivity contribution in [3.05, 3.63) is 59.9 Å². The van der Waals surface area contributed by atoms with Gasteiger partial charge in [-0.3, -0.25) is 9.78 Å². The van der Waals surface area contributed by atoms with Crippen molar-refractivity contribution in [2.24, 2.45) is 0 Å². The van der Waals surface area contributed by atoms with Crippen molar-refractivity contribution in [3.8, 4) is 11.1 Å². The third-order valence-electron chi connectivity index (χ3n) is 3.39. The van der Waals surface area contributed by atoms with E-state index in [9.17, 15) is 4.79 Å². The van der Waals surface area contributed by atoms with Crippen LogP contribution in [0.5, 0.6) is 0 Å². The van der Waals surface area contributed by atoms with Gasteiger partial charge in [0.25, 0.3) is 0 Å². The molecule has 0 aromatic carbocycles. The number of carbonyl (C=O) groups excluding carboxylic acids is 1. The highest BCUT2D eigenvalue weighted by molar-refractivity contribution is 5.85. The number of hydrogen-bond donors (Lipinski definition) is 1. The van der Waals surface area contributed by atoms with Gasteiger partial charge in [-0.25, -0.2) is 15.0 Å². The van der Waals surface area contributed by atoms with Crippen LogP contribution in [0.15, 0.2) is 42.9 Å². The van der Waals surface area contributed by atoms with E-state index in [-0.39, 0.29) is 0 Å². The van der Waals surface area contributed by atoms with E-state index in [0.29, 0.717) is 28.7 Å². The predicted molar refractivity (Wildman–Crippen MR) is 87.6 cm³/mol. The van der Waals surface area contributed by atoms with Crippen LogP contribution in [0.3, 0.4) is 0 Å². The first-order valence-corrected chi connectivity index (χ1v) is 7.11. The SMILES string of the molecule is Cc1nccc(Nc2nc(C)c(C=O)cc2-c2ccncc2)n1. The number of aryl methyl sites for hydroxylation is 2. The molecule has 6 nitrogen and oxygen atoms in total. The van der Waals surface area contributed by atoms with Crippen molar-refractivity contribution >= 4 is 17.9 Å². The Hall–Kier alpha value is -3.15. The molecule has 6 heteroatoms. The summed E-state index contributed by atoms with van der Waals surface area (Å²) in [6.07, 6.45) is 5.90. The van der Waals surface area contributed by atoms with Gasteiger partial charge in [-0.1, -0.05) is 0 Å². The molecule has 0 aliphatic rings. The van der Waals surface area contributed by atoms with Crippen LogP contribution in [-0.4, -0.2) is 26.2 Å². The lowest BCUT2D eigenvalue weighted by molar-refractivity contribution is 0.112. The minimum atomic E-state index is 0.557. The lowest BCUT2D eigenvalue weighted by Crippen LogP contribution is -2.03. The van der Waals surface area contributed by atoms with E-state index in [1.54, 1.807) is 31.6 Å². The van der Waals surface area contributed by atoms with Gasteiger partial charge in [-0.2, -0.15) is 0 Å². The molecule has 3 heterocycles. The fourth-order valence-electron chi connectivity index (χ4n) is 2.23. The number of nitrogens with one attached hydrogen (secondary N) is 1. The van der Waals surface area contributed by atoms with Gasteiger partial charge >= 0.3 is 0 Å². The molecule has 3 aromatic rings. The van der Waals surface area contributed by atoms with Crippen molar-refractivity contribution in [1.82, 2.24) is 19.9 Å². The highest BCUT2D eigenvalue weighted by atomic mass is 16.1. The second-order valence-electron chi connectivity index (χ2n) is 5.03. The molecular weight excluding hydrogens is 290 g/mol. The van der Waals surface area contributed by atoms with Gasteiger partial charge in [-0.05, 0) is 43.7 Å². The van der Waals surface area contributed by atoms with E-state index >= 15 is 0 Å². The van der Waals surface area contributed by atoms with Crippen LogP contribution in [-0.2, 0) is 0 Å². The molecule has 0 bridgehead atoms. The molecule has 0 amide bonds. The average molecular weight is 305 g/mol. The number of carbonyl (C=O) groups is 1. The lowest BCUT2D eigenvalue weighted by Gasteiger charge is -2.13. The third kappa shape index (κ3) is 3.21. The molecule has 3 rings (SSSR count). The third-order valence-corrected chi connectivity index (χ3v) is 3.39.